The number of nitrogens with one attached hydrogen (secondary N) is 1. The van der Waals surface area contributed by atoms with Crippen molar-refractivity contribution in [2.75, 3.05) is 6.61 Å². The van der Waals surface area contributed by atoms with Gasteiger partial charge >= 0.3 is 0 Å². The van der Waals surface area contributed by atoms with E-state index < -0.39 is 0 Å². The first-order valence-electron chi connectivity index (χ1n) is 4.66. The van der Waals surface area contributed by atoms with Gasteiger partial charge in [-0.05, 0) is 24.3 Å². The molecule has 0 fully saturated rings. The van der Waals surface area contributed by atoms with Crippen LogP contribution in [0.4, 0.5) is 4.39 Å². The highest BCUT2D eigenvalue weighted by atomic mass is 19.1. The zero-order chi connectivity index (χ0) is 11.4. The largest absolute Gasteiger partial charge is 0.470 e. The van der Waals surface area contributed by atoms with Crippen LogP contribution in [0.15, 0.2) is 36.5 Å². The normalized spacial score (nSPS) is 10.1. The fourth-order valence-corrected chi connectivity index (χ4v) is 1.19. The summed E-state index contributed by atoms with van der Waals surface area (Å²) in [6.07, 6.45) is 1.53. The van der Waals surface area contributed by atoms with Crippen molar-refractivity contribution in [2.24, 2.45) is 0 Å². The van der Waals surface area contributed by atoms with Crippen molar-refractivity contribution in [3.63, 3.8) is 0 Å². The second-order valence-electron chi connectivity index (χ2n) is 3.14. The van der Waals surface area contributed by atoms with Crippen LogP contribution in [0.3, 0.4) is 0 Å². The molecule has 0 bridgehead atoms. The Morgan fingerprint density at radius 1 is 1.31 bits per heavy atom. The van der Waals surface area contributed by atoms with E-state index in [1.165, 1.54) is 30.5 Å². The van der Waals surface area contributed by atoms with Gasteiger partial charge in [-0.25, -0.2) is 9.49 Å². The summed E-state index contributed by atoms with van der Waals surface area (Å²) in [6.45, 7) is -0.103. The first kappa shape index (κ1) is 10.4. The fourth-order valence-electron chi connectivity index (χ4n) is 1.19. The zero-order valence-corrected chi connectivity index (χ0v) is 8.31. The fraction of sp³-hybridized carbons (Fsp3) is 0.0909. The molecule has 4 nitrogen and oxygen atoms in total. The number of Topliss-reactive ketones (excluding diaryl/α,β-unsaturated/α-hetero) is 1. The van der Waals surface area contributed by atoms with Gasteiger partial charge in [0.1, 0.15) is 5.82 Å². The van der Waals surface area contributed by atoms with Crippen LogP contribution >= 0.6 is 0 Å². The highest BCUT2D eigenvalue weighted by molar-refractivity contribution is 5.97. The maximum absolute atomic E-state index is 12.6. The molecule has 2 rings (SSSR count). The van der Waals surface area contributed by atoms with E-state index in [-0.39, 0.29) is 18.2 Å². The number of nitrogens with zero attached hydrogens (tertiary/aromatic N) is 1. The van der Waals surface area contributed by atoms with Gasteiger partial charge in [0.25, 0.3) is 0 Å². The number of benzene rings is 1. The molecule has 16 heavy (non-hydrogen) atoms. The van der Waals surface area contributed by atoms with E-state index in [2.05, 4.69) is 10.2 Å². The average molecular weight is 220 g/mol. The molecule has 1 aromatic carbocycles. The number of ketones is 1. The van der Waals surface area contributed by atoms with Crippen LogP contribution < -0.4 is 4.74 Å². The number of hydrogen-bond acceptors (Lipinski definition) is 3. The van der Waals surface area contributed by atoms with Gasteiger partial charge in [0, 0.05) is 11.6 Å². The molecule has 1 N–H and O–H groups in total. The lowest BCUT2D eigenvalue weighted by Crippen LogP contribution is -2.11. The molecule has 0 saturated carbocycles. The third-order valence-corrected chi connectivity index (χ3v) is 2.00. The molecule has 1 aromatic heterocycles. The molecular weight excluding hydrogens is 211 g/mol. The third-order valence-electron chi connectivity index (χ3n) is 2.00. The molecule has 5 heteroatoms. The van der Waals surface area contributed by atoms with Gasteiger partial charge in [0.2, 0.25) is 5.88 Å². The maximum Gasteiger partial charge on any atom is 0.209 e. The monoisotopic (exact) mass is 220 g/mol. The molecule has 0 aliphatic heterocycles. The Hall–Kier alpha value is -2.17. The molecule has 2 aromatic rings. The molecule has 82 valence electrons. The number of carbonyl (C=O) groups is 1. The quantitative estimate of drug-likeness (QED) is 0.799. The van der Waals surface area contributed by atoms with E-state index in [0.29, 0.717) is 11.4 Å². The van der Waals surface area contributed by atoms with Crippen molar-refractivity contribution in [1.29, 1.82) is 0 Å². The lowest BCUT2D eigenvalue weighted by atomic mass is 10.1. The zero-order valence-electron chi connectivity index (χ0n) is 8.31. The molecule has 1 heterocycles. The Morgan fingerprint density at radius 2 is 2.06 bits per heavy atom. The second kappa shape index (κ2) is 4.57. The maximum atomic E-state index is 12.6. The Labute approximate surface area is 91.1 Å². The highest BCUT2D eigenvalue weighted by Gasteiger charge is 2.07. The summed E-state index contributed by atoms with van der Waals surface area (Å²) in [6, 6.07) is 6.94. The molecule has 0 spiro atoms. The van der Waals surface area contributed by atoms with Gasteiger partial charge in [0.15, 0.2) is 12.4 Å². The summed E-state index contributed by atoms with van der Waals surface area (Å²) in [5, 5.41) is 6.24. The number of halogens is 1. The SMILES string of the molecule is O=C(COc1ccn[nH]1)c1ccc(F)cc1. The highest BCUT2D eigenvalue weighted by Crippen LogP contribution is 2.06. The minimum Gasteiger partial charge on any atom is -0.470 e. The van der Waals surface area contributed by atoms with E-state index in [9.17, 15) is 9.18 Å². The first-order valence-corrected chi connectivity index (χ1v) is 4.66. The summed E-state index contributed by atoms with van der Waals surface area (Å²) >= 11 is 0. The van der Waals surface area contributed by atoms with Gasteiger partial charge in [-0.15, -0.1) is 0 Å². The minimum atomic E-state index is -0.369. The number of rotatable bonds is 4. The van der Waals surface area contributed by atoms with Crippen LogP contribution in [0.2, 0.25) is 0 Å². The number of hydrogen-bond donors (Lipinski definition) is 1. The van der Waals surface area contributed by atoms with Crippen molar-refractivity contribution in [3.8, 4) is 5.88 Å². The lowest BCUT2D eigenvalue weighted by Gasteiger charge is -2.02. The first-order chi connectivity index (χ1) is 7.75. The van der Waals surface area contributed by atoms with Crippen molar-refractivity contribution >= 4 is 5.78 Å². The summed E-state index contributed by atoms with van der Waals surface area (Å²) < 4.78 is 17.7. The summed E-state index contributed by atoms with van der Waals surface area (Å²) in [5.41, 5.74) is 0.418. The molecule has 0 radical (unpaired) electrons. The van der Waals surface area contributed by atoms with E-state index in [4.69, 9.17) is 4.74 Å². The third kappa shape index (κ3) is 2.44. The molecule has 0 amide bonds. The number of carbonyl (C=O) groups excluding carboxylic acids is 1. The van der Waals surface area contributed by atoms with Crippen LogP contribution in [0.5, 0.6) is 5.88 Å². The predicted octanol–water partition coefficient (Wildman–Crippen LogP) is 1.81. The molecule has 0 saturated heterocycles. The second-order valence-corrected chi connectivity index (χ2v) is 3.14. The Kier molecular flexibility index (Phi) is 2.95. The average Bonchev–Trinajstić information content (AvgIpc) is 2.80. The van der Waals surface area contributed by atoms with Crippen LogP contribution in [0, 0.1) is 5.82 Å². The van der Waals surface area contributed by atoms with Crippen molar-refractivity contribution in [3.05, 3.63) is 47.9 Å². The number of ether oxygens (including phenoxy) is 1. The number of H-pyrrole nitrogens is 1. The smallest absolute Gasteiger partial charge is 0.209 e. The van der Waals surface area contributed by atoms with Crippen molar-refractivity contribution in [1.82, 2.24) is 10.2 Å². The standard InChI is InChI=1S/C11H9FN2O2/c12-9-3-1-8(2-4-9)10(15)7-16-11-5-6-13-14-11/h1-6H,7H2,(H,13,14). The number of aromatic nitrogens is 2. The molecule has 0 atom stereocenters. The topological polar surface area (TPSA) is 55.0 Å². The Balaban J connectivity index is 1.95. The molecular formula is C11H9FN2O2. The van der Waals surface area contributed by atoms with Crippen LogP contribution in [0.1, 0.15) is 10.4 Å². The summed E-state index contributed by atoms with van der Waals surface area (Å²) in [7, 11) is 0. The van der Waals surface area contributed by atoms with Gasteiger partial charge in [-0.2, -0.15) is 5.10 Å². The summed E-state index contributed by atoms with van der Waals surface area (Å²) in [5.74, 6) is -0.156. The van der Waals surface area contributed by atoms with Gasteiger partial charge in [-0.3, -0.25) is 4.79 Å². The minimum absolute atomic E-state index is 0.103. The Morgan fingerprint density at radius 3 is 2.69 bits per heavy atom. The summed E-state index contributed by atoms with van der Waals surface area (Å²) in [4.78, 5) is 11.6. The van der Waals surface area contributed by atoms with Crippen molar-refractivity contribution in [2.45, 2.75) is 0 Å². The van der Waals surface area contributed by atoms with Crippen molar-refractivity contribution < 1.29 is 13.9 Å². The van der Waals surface area contributed by atoms with E-state index in [1.54, 1.807) is 6.07 Å². The van der Waals surface area contributed by atoms with Gasteiger partial charge in [-0.1, -0.05) is 0 Å². The van der Waals surface area contributed by atoms with E-state index in [1.807, 2.05) is 0 Å². The van der Waals surface area contributed by atoms with Gasteiger partial charge < -0.3 is 4.74 Å². The lowest BCUT2D eigenvalue weighted by molar-refractivity contribution is 0.0918. The van der Waals surface area contributed by atoms with Crippen LogP contribution in [0.25, 0.3) is 0 Å². The predicted molar refractivity (Wildman–Crippen MR) is 54.8 cm³/mol. The van der Waals surface area contributed by atoms with E-state index >= 15 is 0 Å². The molecule has 0 aliphatic rings. The molecule has 0 unspecified atom stereocenters. The molecule has 0 aliphatic carbocycles. The Bertz CT molecular complexity index is 465. The van der Waals surface area contributed by atoms with Gasteiger partial charge in [0.05, 0.1) is 6.20 Å². The van der Waals surface area contributed by atoms with E-state index in [0.717, 1.165) is 0 Å². The van der Waals surface area contributed by atoms with Crippen LogP contribution in [-0.2, 0) is 0 Å². The van der Waals surface area contributed by atoms with Crippen LogP contribution in [-0.4, -0.2) is 22.6 Å². The number of aromatic amines is 1.